The maximum Gasteiger partial charge on any atom is 0.326 e. The molecular formula is C16H19FN2O5. The molecule has 3 atom stereocenters. The highest BCUT2D eigenvalue weighted by atomic mass is 19.1. The minimum absolute atomic E-state index is 0.0263. The van der Waals surface area contributed by atoms with E-state index in [4.69, 9.17) is 0 Å². The Morgan fingerprint density at radius 3 is 2.62 bits per heavy atom. The Morgan fingerprint density at radius 1 is 1.38 bits per heavy atom. The van der Waals surface area contributed by atoms with Crippen LogP contribution in [-0.4, -0.2) is 57.6 Å². The molecule has 1 aliphatic rings. The second-order valence-corrected chi connectivity index (χ2v) is 5.77. The number of β-amino-alcohol motifs (C(OH)–C–C–N with tert-alkyl or cyclic N) is 1. The minimum Gasteiger partial charge on any atom is -0.480 e. The number of nitrogens with one attached hydrogen (secondary N) is 1. The maximum atomic E-state index is 13.7. The van der Waals surface area contributed by atoms with Crippen LogP contribution in [0.5, 0.6) is 0 Å². The van der Waals surface area contributed by atoms with E-state index in [1.54, 1.807) is 6.07 Å². The van der Waals surface area contributed by atoms with E-state index >= 15 is 0 Å². The SMILES string of the molecule is CC(=O)N1C[C@H](O)C[C@H]1C(=O)N[C@H](Cc1ccccc1F)C(=O)O. The van der Waals surface area contributed by atoms with E-state index in [-0.39, 0.29) is 30.9 Å². The van der Waals surface area contributed by atoms with Crippen LogP contribution >= 0.6 is 0 Å². The molecule has 24 heavy (non-hydrogen) atoms. The summed E-state index contributed by atoms with van der Waals surface area (Å²) < 4.78 is 13.7. The Kier molecular flexibility index (Phi) is 5.50. The second-order valence-electron chi connectivity index (χ2n) is 5.77. The Hall–Kier alpha value is -2.48. The number of likely N-dealkylation sites (tertiary alicyclic amines) is 1. The van der Waals surface area contributed by atoms with Crippen LogP contribution in [0.1, 0.15) is 18.9 Å². The highest BCUT2D eigenvalue weighted by Crippen LogP contribution is 2.19. The number of hydrogen-bond acceptors (Lipinski definition) is 4. The van der Waals surface area contributed by atoms with Gasteiger partial charge in [-0.05, 0) is 11.6 Å². The number of aliphatic carboxylic acids is 1. The van der Waals surface area contributed by atoms with E-state index in [0.717, 1.165) is 0 Å². The summed E-state index contributed by atoms with van der Waals surface area (Å²) >= 11 is 0. The Morgan fingerprint density at radius 2 is 2.04 bits per heavy atom. The van der Waals surface area contributed by atoms with Gasteiger partial charge in [0.2, 0.25) is 11.8 Å². The molecule has 7 nitrogen and oxygen atoms in total. The molecule has 1 saturated heterocycles. The summed E-state index contributed by atoms with van der Waals surface area (Å²) in [5.74, 6) is -2.92. The zero-order chi connectivity index (χ0) is 17.9. The summed E-state index contributed by atoms with van der Waals surface area (Å²) in [6.45, 7) is 1.30. The molecule has 0 bridgehead atoms. The van der Waals surface area contributed by atoms with E-state index in [0.29, 0.717) is 0 Å². The Labute approximate surface area is 138 Å². The fourth-order valence-corrected chi connectivity index (χ4v) is 2.76. The zero-order valence-corrected chi connectivity index (χ0v) is 13.1. The molecule has 2 amide bonds. The van der Waals surface area contributed by atoms with Gasteiger partial charge in [-0.3, -0.25) is 9.59 Å². The molecule has 130 valence electrons. The lowest BCUT2D eigenvalue weighted by atomic mass is 10.0. The average Bonchev–Trinajstić information content (AvgIpc) is 2.91. The van der Waals surface area contributed by atoms with E-state index in [9.17, 15) is 29.0 Å². The van der Waals surface area contributed by atoms with Crippen molar-refractivity contribution in [3.63, 3.8) is 0 Å². The first-order valence-corrected chi connectivity index (χ1v) is 7.51. The van der Waals surface area contributed by atoms with Gasteiger partial charge < -0.3 is 20.4 Å². The molecule has 1 aliphatic heterocycles. The topological polar surface area (TPSA) is 107 Å². The smallest absolute Gasteiger partial charge is 0.326 e. The number of aliphatic hydroxyl groups excluding tert-OH is 1. The second kappa shape index (κ2) is 7.39. The average molecular weight is 338 g/mol. The summed E-state index contributed by atoms with van der Waals surface area (Å²) in [4.78, 5) is 36.4. The molecule has 1 aromatic carbocycles. The van der Waals surface area contributed by atoms with Gasteiger partial charge in [-0.2, -0.15) is 0 Å². The molecule has 1 fully saturated rings. The van der Waals surface area contributed by atoms with Crippen LogP contribution in [0.4, 0.5) is 4.39 Å². The Balaban J connectivity index is 2.10. The van der Waals surface area contributed by atoms with Crippen molar-refractivity contribution in [2.45, 2.75) is 38.0 Å². The molecule has 0 unspecified atom stereocenters. The third-order valence-corrected chi connectivity index (χ3v) is 3.98. The van der Waals surface area contributed by atoms with Gasteiger partial charge in [0.15, 0.2) is 0 Å². The summed E-state index contributed by atoms with van der Waals surface area (Å²) in [7, 11) is 0. The number of amides is 2. The van der Waals surface area contributed by atoms with Gasteiger partial charge in [-0.1, -0.05) is 18.2 Å². The first-order valence-electron chi connectivity index (χ1n) is 7.51. The van der Waals surface area contributed by atoms with Crippen LogP contribution in [0.15, 0.2) is 24.3 Å². The third-order valence-electron chi connectivity index (χ3n) is 3.98. The molecule has 0 saturated carbocycles. The molecule has 0 aromatic heterocycles. The van der Waals surface area contributed by atoms with Crippen LogP contribution in [0.2, 0.25) is 0 Å². The molecule has 8 heteroatoms. The fraction of sp³-hybridized carbons (Fsp3) is 0.438. The normalized spacial score (nSPS) is 21.4. The lowest BCUT2D eigenvalue weighted by molar-refractivity contribution is -0.143. The van der Waals surface area contributed by atoms with Crippen LogP contribution in [0.3, 0.4) is 0 Å². The number of aliphatic hydroxyl groups is 1. The number of carboxylic acid groups (broad SMARTS) is 1. The number of benzene rings is 1. The number of rotatable bonds is 5. The molecular weight excluding hydrogens is 319 g/mol. The van der Waals surface area contributed by atoms with Crippen molar-refractivity contribution in [1.82, 2.24) is 10.2 Å². The first-order chi connectivity index (χ1) is 11.3. The van der Waals surface area contributed by atoms with Crippen LogP contribution in [0, 0.1) is 5.82 Å². The summed E-state index contributed by atoms with van der Waals surface area (Å²) in [5.41, 5.74) is 0.167. The van der Waals surface area contributed by atoms with Gasteiger partial charge in [0, 0.05) is 26.3 Å². The van der Waals surface area contributed by atoms with Crippen LogP contribution in [0.25, 0.3) is 0 Å². The lowest BCUT2D eigenvalue weighted by Gasteiger charge is -2.24. The van der Waals surface area contributed by atoms with Crippen molar-refractivity contribution in [1.29, 1.82) is 0 Å². The van der Waals surface area contributed by atoms with Crippen LogP contribution < -0.4 is 5.32 Å². The molecule has 1 aromatic rings. The van der Waals surface area contributed by atoms with Crippen LogP contribution in [-0.2, 0) is 20.8 Å². The molecule has 2 rings (SSSR count). The molecule has 0 spiro atoms. The number of carbonyl (C=O) groups excluding carboxylic acids is 2. The van der Waals surface area contributed by atoms with Crippen molar-refractivity contribution in [2.24, 2.45) is 0 Å². The number of carbonyl (C=O) groups is 3. The molecule has 1 heterocycles. The van der Waals surface area contributed by atoms with Crippen molar-refractivity contribution in [2.75, 3.05) is 6.54 Å². The monoisotopic (exact) mass is 338 g/mol. The minimum atomic E-state index is -1.33. The first kappa shape index (κ1) is 17.9. The zero-order valence-electron chi connectivity index (χ0n) is 13.1. The molecule has 3 N–H and O–H groups in total. The standard InChI is InChI=1S/C16H19FN2O5/c1-9(20)19-8-11(21)7-14(19)15(22)18-13(16(23)24)6-10-4-2-3-5-12(10)17/h2-5,11,13-14,21H,6-8H2,1H3,(H,18,22)(H,23,24)/t11-,13-,14+/m1/s1. The maximum absolute atomic E-state index is 13.7. The lowest BCUT2D eigenvalue weighted by Crippen LogP contribution is -2.51. The largest absolute Gasteiger partial charge is 0.480 e. The van der Waals surface area contributed by atoms with E-state index in [1.165, 1.54) is 30.0 Å². The fourth-order valence-electron chi connectivity index (χ4n) is 2.76. The van der Waals surface area contributed by atoms with E-state index in [1.807, 2.05) is 0 Å². The molecule has 0 radical (unpaired) electrons. The van der Waals surface area contributed by atoms with E-state index in [2.05, 4.69) is 5.32 Å². The summed E-state index contributed by atoms with van der Waals surface area (Å²) in [6, 6.07) is 3.45. The van der Waals surface area contributed by atoms with Gasteiger partial charge in [-0.15, -0.1) is 0 Å². The van der Waals surface area contributed by atoms with E-state index < -0.39 is 35.9 Å². The Bertz CT molecular complexity index is 651. The van der Waals surface area contributed by atoms with Gasteiger partial charge in [0.05, 0.1) is 6.10 Å². The third kappa shape index (κ3) is 4.08. The van der Waals surface area contributed by atoms with Crippen molar-refractivity contribution >= 4 is 17.8 Å². The summed E-state index contributed by atoms with van der Waals surface area (Å²) in [5, 5.41) is 21.2. The quantitative estimate of drug-likeness (QED) is 0.696. The van der Waals surface area contributed by atoms with Crippen molar-refractivity contribution in [3.8, 4) is 0 Å². The molecule has 0 aliphatic carbocycles. The predicted molar refractivity (Wildman–Crippen MR) is 81.5 cm³/mol. The van der Waals surface area contributed by atoms with Gasteiger partial charge >= 0.3 is 5.97 Å². The van der Waals surface area contributed by atoms with Gasteiger partial charge in [0.1, 0.15) is 17.9 Å². The van der Waals surface area contributed by atoms with Crippen molar-refractivity contribution < 1.29 is 29.0 Å². The highest BCUT2D eigenvalue weighted by molar-refractivity contribution is 5.90. The van der Waals surface area contributed by atoms with Gasteiger partial charge in [-0.25, -0.2) is 9.18 Å². The van der Waals surface area contributed by atoms with Crippen molar-refractivity contribution in [3.05, 3.63) is 35.6 Å². The number of nitrogens with zero attached hydrogens (tertiary/aromatic N) is 1. The number of hydrogen-bond donors (Lipinski definition) is 3. The number of carboxylic acids is 1. The van der Waals surface area contributed by atoms with Gasteiger partial charge in [0.25, 0.3) is 0 Å². The highest BCUT2D eigenvalue weighted by Gasteiger charge is 2.38. The number of halogens is 1. The predicted octanol–water partition coefficient (Wildman–Crippen LogP) is -0.0807. The summed E-state index contributed by atoms with van der Waals surface area (Å²) in [6.07, 6.45) is -1.01.